The lowest BCUT2D eigenvalue weighted by Gasteiger charge is -2.10. The van der Waals surface area contributed by atoms with E-state index in [0.29, 0.717) is 17.3 Å². The van der Waals surface area contributed by atoms with Crippen LogP contribution in [0.3, 0.4) is 0 Å². The first kappa shape index (κ1) is 16.0. The first-order valence-electron chi connectivity index (χ1n) is 7.27. The highest BCUT2D eigenvalue weighted by Gasteiger charge is 2.04. The molecule has 2 N–H and O–H groups in total. The number of nitrogens with one attached hydrogen (secondary N) is 2. The van der Waals surface area contributed by atoms with Gasteiger partial charge in [-0.1, -0.05) is 6.07 Å². The van der Waals surface area contributed by atoms with Gasteiger partial charge in [-0.05, 0) is 70.9 Å². The Labute approximate surface area is 148 Å². The van der Waals surface area contributed by atoms with Crippen molar-refractivity contribution in [2.45, 2.75) is 6.92 Å². The fraction of sp³-hybridized carbons (Fsp3) is 0.0556. The highest BCUT2D eigenvalue weighted by atomic mass is 79.9. The summed E-state index contributed by atoms with van der Waals surface area (Å²) in [4.78, 5) is 8.69. The van der Waals surface area contributed by atoms with Crippen LogP contribution in [0.1, 0.15) is 11.1 Å². The van der Waals surface area contributed by atoms with Gasteiger partial charge < -0.3 is 10.6 Å². The number of halogens is 1. The van der Waals surface area contributed by atoms with E-state index in [9.17, 15) is 0 Å². The van der Waals surface area contributed by atoms with E-state index in [1.807, 2.05) is 37.3 Å². The van der Waals surface area contributed by atoms with E-state index in [1.54, 1.807) is 24.4 Å². The number of rotatable bonds is 4. The molecule has 0 aliphatic carbocycles. The maximum Gasteiger partial charge on any atom is 0.229 e. The normalized spacial score (nSPS) is 10.0. The third-order valence-corrected chi connectivity index (χ3v) is 3.97. The predicted octanol–water partition coefficient (Wildman–Crippen LogP) is 4.91. The van der Waals surface area contributed by atoms with Gasteiger partial charge >= 0.3 is 0 Å². The summed E-state index contributed by atoms with van der Waals surface area (Å²) in [7, 11) is 0. The quantitative estimate of drug-likeness (QED) is 0.673. The molecule has 0 aliphatic heterocycles. The van der Waals surface area contributed by atoms with E-state index >= 15 is 0 Å². The Balaban J connectivity index is 1.77. The third-order valence-electron chi connectivity index (χ3n) is 3.31. The fourth-order valence-electron chi connectivity index (χ4n) is 2.11. The van der Waals surface area contributed by atoms with Crippen molar-refractivity contribution >= 4 is 39.1 Å². The lowest BCUT2D eigenvalue weighted by molar-refractivity contribution is 1.16. The van der Waals surface area contributed by atoms with Gasteiger partial charge in [-0.2, -0.15) is 10.2 Å². The minimum atomic E-state index is 0.498. The summed E-state index contributed by atoms with van der Waals surface area (Å²) in [6.45, 7) is 2.03. The van der Waals surface area contributed by atoms with Gasteiger partial charge in [-0.15, -0.1) is 0 Å². The van der Waals surface area contributed by atoms with Gasteiger partial charge in [-0.25, -0.2) is 4.98 Å². The maximum atomic E-state index is 8.83. The second-order valence-electron chi connectivity index (χ2n) is 5.19. The van der Waals surface area contributed by atoms with Gasteiger partial charge in [0.1, 0.15) is 5.82 Å². The SMILES string of the molecule is Cc1ccc(Nc2nccc(Nc3ccc(C#N)cc3)n2)c(Br)c1. The Kier molecular flexibility index (Phi) is 4.73. The van der Waals surface area contributed by atoms with Gasteiger partial charge in [0, 0.05) is 16.4 Å². The molecule has 0 radical (unpaired) electrons. The lowest BCUT2D eigenvalue weighted by atomic mass is 10.2. The number of aromatic nitrogens is 2. The molecule has 0 fully saturated rings. The van der Waals surface area contributed by atoms with Crippen LogP contribution in [0.25, 0.3) is 0 Å². The molecule has 0 saturated carbocycles. The molecule has 1 heterocycles. The molecular weight excluding hydrogens is 366 g/mol. The van der Waals surface area contributed by atoms with Crippen LogP contribution in [0.2, 0.25) is 0 Å². The van der Waals surface area contributed by atoms with Crippen LogP contribution >= 0.6 is 15.9 Å². The summed E-state index contributed by atoms with van der Waals surface area (Å²) < 4.78 is 0.955. The lowest BCUT2D eigenvalue weighted by Crippen LogP contribution is -2.01. The Hall–Kier alpha value is -2.91. The first-order chi connectivity index (χ1) is 11.6. The molecule has 5 nitrogen and oxygen atoms in total. The van der Waals surface area contributed by atoms with Gasteiger partial charge in [0.25, 0.3) is 0 Å². The number of nitriles is 1. The Morgan fingerprint density at radius 3 is 2.54 bits per heavy atom. The molecule has 0 amide bonds. The molecule has 0 unspecified atom stereocenters. The van der Waals surface area contributed by atoms with Crippen LogP contribution < -0.4 is 10.6 Å². The fourth-order valence-corrected chi connectivity index (χ4v) is 2.70. The molecule has 1 aromatic heterocycles. The number of nitrogens with zero attached hydrogens (tertiary/aromatic N) is 3. The molecule has 24 heavy (non-hydrogen) atoms. The van der Waals surface area contributed by atoms with Gasteiger partial charge in [-0.3, -0.25) is 0 Å². The zero-order chi connectivity index (χ0) is 16.9. The van der Waals surface area contributed by atoms with E-state index < -0.39 is 0 Å². The zero-order valence-electron chi connectivity index (χ0n) is 12.9. The highest BCUT2D eigenvalue weighted by Crippen LogP contribution is 2.26. The summed E-state index contributed by atoms with van der Waals surface area (Å²) in [6, 6.07) is 17.1. The van der Waals surface area contributed by atoms with E-state index in [-0.39, 0.29) is 0 Å². The minimum absolute atomic E-state index is 0.498. The van der Waals surface area contributed by atoms with Crippen LogP contribution in [0.5, 0.6) is 0 Å². The molecule has 3 rings (SSSR count). The molecule has 3 aromatic rings. The standard InChI is InChI=1S/C18H14BrN5/c1-12-2-7-16(15(19)10-12)23-18-21-9-8-17(24-18)22-14-5-3-13(11-20)4-6-14/h2-10H,1H3,(H2,21,22,23,24). The number of hydrogen-bond acceptors (Lipinski definition) is 5. The molecule has 2 aromatic carbocycles. The Morgan fingerprint density at radius 2 is 1.83 bits per heavy atom. The second kappa shape index (κ2) is 7.11. The first-order valence-corrected chi connectivity index (χ1v) is 8.07. The largest absolute Gasteiger partial charge is 0.340 e. The smallest absolute Gasteiger partial charge is 0.229 e. The topological polar surface area (TPSA) is 73.6 Å². The van der Waals surface area contributed by atoms with E-state index in [2.05, 4.69) is 42.6 Å². The van der Waals surface area contributed by atoms with Crippen molar-refractivity contribution < 1.29 is 0 Å². The monoisotopic (exact) mass is 379 g/mol. The second-order valence-corrected chi connectivity index (χ2v) is 6.04. The van der Waals surface area contributed by atoms with Gasteiger partial charge in [0.15, 0.2) is 0 Å². The summed E-state index contributed by atoms with van der Waals surface area (Å²) >= 11 is 3.53. The molecule has 0 aliphatic rings. The highest BCUT2D eigenvalue weighted by molar-refractivity contribution is 9.10. The van der Waals surface area contributed by atoms with Crippen molar-refractivity contribution in [3.8, 4) is 6.07 Å². The van der Waals surface area contributed by atoms with Crippen molar-refractivity contribution in [3.63, 3.8) is 0 Å². The third kappa shape index (κ3) is 3.89. The minimum Gasteiger partial charge on any atom is -0.340 e. The molecule has 118 valence electrons. The van der Waals surface area contributed by atoms with Crippen molar-refractivity contribution in [1.82, 2.24) is 9.97 Å². The van der Waals surface area contributed by atoms with Crippen molar-refractivity contribution in [2.75, 3.05) is 10.6 Å². The molecule has 0 spiro atoms. The van der Waals surface area contributed by atoms with Gasteiger partial charge in [0.2, 0.25) is 5.95 Å². The molecule has 0 atom stereocenters. The van der Waals surface area contributed by atoms with Crippen LogP contribution in [0.15, 0.2) is 59.2 Å². The summed E-state index contributed by atoms with van der Waals surface area (Å²) in [5, 5.41) is 15.2. The van der Waals surface area contributed by atoms with Gasteiger partial charge in [0.05, 0.1) is 17.3 Å². The summed E-state index contributed by atoms with van der Waals surface area (Å²) in [5.41, 5.74) is 3.55. The number of hydrogen-bond donors (Lipinski definition) is 2. The zero-order valence-corrected chi connectivity index (χ0v) is 14.5. The molecule has 0 saturated heterocycles. The maximum absolute atomic E-state index is 8.83. The molecule has 6 heteroatoms. The summed E-state index contributed by atoms with van der Waals surface area (Å²) in [6.07, 6.45) is 1.68. The molecule has 0 bridgehead atoms. The van der Waals surface area contributed by atoms with Crippen LogP contribution in [0.4, 0.5) is 23.1 Å². The average molecular weight is 380 g/mol. The van der Waals surface area contributed by atoms with Crippen LogP contribution in [-0.4, -0.2) is 9.97 Å². The van der Waals surface area contributed by atoms with E-state index in [4.69, 9.17) is 5.26 Å². The van der Waals surface area contributed by atoms with Crippen LogP contribution in [-0.2, 0) is 0 Å². The van der Waals surface area contributed by atoms with Crippen LogP contribution in [0, 0.1) is 18.3 Å². The number of aryl methyl sites for hydroxylation is 1. The average Bonchev–Trinajstić information content (AvgIpc) is 2.58. The summed E-state index contributed by atoms with van der Waals surface area (Å²) in [5.74, 6) is 1.17. The Morgan fingerprint density at radius 1 is 1.04 bits per heavy atom. The number of anilines is 4. The van der Waals surface area contributed by atoms with Crippen molar-refractivity contribution in [2.24, 2.45) is 0 Å². The Bertz CT molecular complexity index is 900. The van der Waals surface area contributed by atoms with Crippen molar-refractivity contribution in [3.05, 3.63) is 70.3 Å². The van der Waals surface area contributed by atoms with E-state index in [0.717, 1.165) is 15.8 Å². The molecular formula is C18H14BrN5. The van der Waals surface area contributed by atoms with E-state index in [1.165, 1.54) is 5.56 Å². The number of benzene rings is 2. The predicted molar refractivity (Wildman–Crippen MR) is 98.6 cm³/mol. The van der Waals surface area contributed by atoms with Crippen molar-refractivity contribution in [1.29, 1.82) is 5.26 Å².